The third kappa shape index (κ3) is 10.1. The summed E-state index contributed by atoms with van der Waals surface area (Å²) < 4.78 is 21.1. The van der Waals surface area contributed by atoms with Crippen molar-refractivity contribution in [1.29, 1.82) is 0 Å². The number of phosphoric acid groups is 1. The molecule has 0 bridgehead atoms. The molecule has 0 spiro atoms. The van der Waals surface area contributed by atoms with Crippen LogP contribution >= 0.6 is 19.6 Å². The summed E-state index contributed by atoms with van der Waals surface area (Å²) in [6.07, 6.45) is 0.842. The van der Waals surface area contributed by atoms with E-state index in [9.17, 15) is 23.9 Å². The maximum absolute atomic E-state index is 13.8. The molecule has 1 atom stereocenters. The third-order valence-corrected chi connectivity index (χ3v) is 8.99. The van der Waals surface area contributed by atoms with Crippen LogP contribution in [-0.4, -0.2) is 80.0 Å². The van der Waals surface area contributed by atoms with Crippen molar-refractivity contribution in [2.45, 2.75) is 42.0 Å². The number of aromatic nitrogens is 3. The van der Waals surface area contributed by atoms with E-state index in [0.717, 1.165) is 15.5 Å². The van der Waals surface area contributed by atoms with Crippen molar-refractivity contribution >= 4 is 89.4 Å². The predicted octanol–water partition coefficient (Wildman–Crippen LogP) is 6.33. The molecule has 256 valence electrons. The van der Waals surface area contributed by atoms with Gasteiger partial charge in [-0.3, -0.25) is 14.6 Å². The van der Waals surface area contributed by atoms with Gasteiger partial charge in [-0.1, -0.05) is 55.9 Å². The Labute approximate surface area is 315 Å². The first-order valence-corrected chi connectivity index (χ1v) is 17.4. The van der Waals surface area contributed by atoms with Crippen molar-refractivity contribution < 1.29 is 33.2 Å². The number of anilines is 3. The Morgan fingerprint density at radius 1 is 0.980 bits per heavy atom. The Balaban J connectivity index is 0.00000562. The van der Waals surface area contributed by atoms with Crippen LogP contribution in [0.3, 0.4) is 0 Å². The first-order valence-electron chi connectivity index (χ1n) is 15.1. The van der Waals surface area contributed by atoms with Crippen LogP contribution < -0.4 is 16.0 Å². The van der Waals surface area contributed by atoms with Gasteiger partial charge in [0.2, 0.25) is 0 Å². The van der Waals surface area contributed by atoms with E-state index in [4.69, 9.17) is 4.52 Å². The summed E-state index contributed by atoms with van der Waals surface area (Å²) in [4.78, 5) is 59.4. The van der Waals surface area contributed by atoms with Gasteiger partial charge in [-0.25, -0.2) is 24.3 Å². The summed E-state index contributed by atoms with van der Waals surface area (Å²) in [6, 6.07) is 24.9. The number of nitrogens with zero attached hydrogens (tertiary/aromatic N) is 3. The van der Waals surface area contributed by atoms with Gasteiger partial charge in [-0.05, 0) is 73.0 Å². The van der Waals surface area contributed by atoms with Crippen molar-refractivity contribution in [2.24, 2.45) is 0 Å². The molecule has 5 aromatic rings. The molecule has 0 saturated carbocycles. The first-order chi connectivity index (χ1) is 23.3. The maximum atomic E-state index is 13.8. The zero-order chi connectivity index (χ0) is 35.2. The SMILES string of the molecule is COC(=O)Nc1ccc(Sc2ccc(C(=O)NC(C)(COP(=O)(O)O)c3ccccc3)cc2Nc2ncnc3nc(C(C)C)ccc23)cc1.[NaH]. The second-order valence-electron chi connectivity index (χ2n) is 11.5. The van der Waals surface area contributed by atoms with Crippen LogP contribution in [0.1, 0.15) is 48.3 Å². The summed E-state index contributed by atoms with van der Waals surface area (Å²) in [5, 5.41) is 9.59. The number of benzene rings is 3. The average Bonchev–Trinajstić information content (AvgIpc) is 3.08. The van der Waals surface area contributed by atoms with Crippen LogP contribution in [0, 0.1) is 0 Å². The second kappa shape index (κ2) is 16.9. The Morgan fingerprint density at radius 2 is 1.70 bits per heavy atom. The van der Waals surface area contributed by atoms with Gasteiger partial charge in [0.05, 0.1) is 30.3 Å². The van der Waals surface area contributed by atoms with Crippen LogP contribution in [0.4, 0.5) is 22.0 Å². The third-order valence-electron chi connectivity index (χ3n) is 7.44. The first kappa shape index (κ1) is 38.9. The van der Waals surface area contributed by atoms with Crippen molar-refractivity contribution in [3.63, 3.8) is 0 Å². The van der Waals surface area contributed by atoms with E-state index in [2.05, 4.69) is 35.6 Å². The molecule has 2 amide bonds. The number of amides is 2. The van der Waals surface area contributed by atoms with E-state index in [-0.39, 0.29) is 41.0 Å². The van der Waals surface area contributed by atoms with E-state index < -0.39 is 32.0 Å². The molecule has 5 N–H and O–H groups in total. The van der Waals surface area contributed by atoms with E-state index >= 15 is 0 Å². The number of pyridine rings is 1. The second-order valence-corrected chi connectivity index (χ2v) is 13.8. The Morgan fingerprint density at radius 3 is 2.36 bits per heavy atom. The molecular formula is C34H36N6NaO7PS. The van der Waals surface area contributed by atoms with E-state index in [1.165, 1.54) is 25.2 Å². The number of ether oxygens (including phenoxy) is 1. The molecule has 16 heteroatoms. The predicted molar refractivity (Wildman–Crippen MR) is 194 cm³/mol. The van der Waals surface area contributed by atoms with Gasteiger partial charge in [0, 0.05) is 26.7 Å². The molecule has 0 radical (unpaired) electrons. The van der Waals surface area contributed by atoms with Crippen molar-refractivity contribution in [2.75, 3.05) is 24.4 Å². The Bertz CT molecular complexity index is 2020. The molecule has 2 aromatic heterocycles. The molecule has 0 aliphatic carbocycles. The minimum atomic E-state index is -4.83. The number of fused-ring (bicyclic) bond motifs is 1. The molecule has 50 heavy (non-hydrogen) atoms. The number of methoxy groups -OCH3 is 1. The van der Waals surface area contributed by atoms with Crippen LogP contribution in [0.5, 0.6) is 0 Å². The van der Waals surface area contributed by atoms with E-state index in [1.807, 2.05) is 38.1 Å². The van der Waals surface area contributed by atoms with Gasteiger partial charge in [-0.2, -0.15) is 0 Å². The molecule has 5 rings (SSSR count). The van der Waals surface area contributed by atoms with Gasteiger partial charge in [0.15, 0.2) is 5.65 Å². The Hall–Kier alpha value is -3.85. The van der Waals surface area contributed by atoms with Crippen LogP contribution in [-0.2, 0) is 19.4 Å². The van der Waals surface area contributed by atoms with Gasteiger partial charge in [0.1, 0.15) is 12.1 Å². The zero-order valence-electron chi connectivity index (χ0n) is 27.1. The number of rotatable bonds is 12. The quantitative estimate of drug-likeness (QED) is 0.0712. The molecule has 0 aliphatic heterocycles. The zero-order valence-corrected chi connectivity index (χ0v) is 28.8. The molecule has 0 fully saturated rings. The number of phosphoric ester groups is 1. The number of carbonyl (C=O) groups excluding carboxylic acids is 2. The number of nitrogens with one attached hydrogen (secondary N) is 3. The fraction of sp³-hybridized carbons (Fsp3) is 0.206. The van der Waals surface area contributed by atoms with Crippen LogP contribution in [0.25, 0.3) is 11.0 Å². The molecule has 0 saturated heterocycles. The van der Waals surface area contributed by atoms with Crippen molar-refractivity contribution in [1.82, 2.24) is 20.3 Å². The van der Waals surface area contributed by atoms with Crippen molar-refractivity contribution in [3.05, 3.63) is 108 Å². The van der Waals surface area contributed by atoms with E-state index in [1.54, 1.807) is 67.6 Å². The summed E-state index contributed by atoms with van der Waals surface area (Å²) in [6.45, 7) is 5.25. The van der Waals surface area contributed by atoms with Gasteiger partial charge < -0.3 is 25.2 Å². The number of hydrogen-bond acceptors (Lipinski definition) is 10. The average molecular weight is 727 g/mol. The van der Waals surface area contributed by atoms with Gasteiger partial charge in [-0.15, -0.1) is 0 Å². The fourth-order valence-electron chi connectivity index (χ4n) is 4.80. The summed E-state index contributed by atoms with van der Waals surface area (Å²) in [5.41, 5.74) is 2.09. The standard InChI is InChI=1S/C34H35N6O7PS.Na.H/c1-21(2)27-16-15-26-30(38-27)35-20-36-31(26)39-28-18-22(10-17-29(28)49-25-13-11-24(12-14-25)37-33(42)46-4)32(41)40-34(3,19-47-48(43,44)45)23-8-6-5-7-9-23;;/h5-18,20-21H,19H2,1-4H3,(H,37,42)(H,40,41)(H2,43,44,45)(H,35,36,38,39);;. The number of hydrogen-bond donors (Lipinski definition) is 5. The summed E-state index contributed by atoms with van der Waals surface area (Å²) >= 11 is 1.42. The summed E-state index contributed by atoms with van der Waals surface area (Å²) in [5.74, 6) is 0.181. The van der Waals surface area contributed by atoms with Crippen LogP contribution in [0.2, 0.25) is 0 Å². The molecule has 2 heterocycles. The Kier molecular flexibility index (Phi) is 13.2. The van der Waals surface area contributed by atoms with Gasteiger partial charge in [0.25, 0.3) is 5.91 Å². The topological polar surface area (TPSA) is 185 Å². The monoisotopic (exact) mass is 726 g/mol. The number of carbonyl (C=O) groups is 2. The molecule has 0 aliphatic rings. The normalized spacial score (nSPS) is 12.5. The van der Waals surface area contributed by atoms with Crippen LogP contribution in [0.15, 0.2) is 101 Å². The van der Waals surface area contributed by atoms with Gasteiger partial charge >= 0.3 is 43.5 Å². The molecule has 13 nitrogen and oxygen atoms in total. The fourth-order valence-corrected chi connectivity index (χ4v) is 6.11. The molecular weight excluding hydrogens is 690 g/mol. The summed E-state index contributed by atoms with van der Waals surface area (Å²) in [7, 11) is -3.55. The molecule has 3 aromatic carbocycles. The minimum absolute atomic E-state index is 0. The van der Waals surface area contributed by atoms with E-state index in [0.29, 0.717) is 33.8 Å². The molecule has 1 unspecified atom stereocenters. The van der Waals surface area contributed by atoms with Crippen molar-refractivity contribution in [3.8, 4) is 0 Å².